The topological polar surface area (TPSA) is 72.5 Å². The Hall–Kier alpha value is -3.54. The molecule has 0 atom stereocenters. The SMILES string of the molecule is CCOc1ccccc1Nc1ccc(C(=O)NCCc2cccc(OC)c2)cn1. The molecule has 0 aliphatic heterocycles. The summed E-state index contributed by atoms with van der Waals surface area (Å²) in [6, 6.07) is 19.0. The fraction of sp³-hybridized carbons (Fsp3) is 0.217. The molecule has 0 fully saturated rings. The standard InChI is InChI=1S/C23H25N3O3/c1-3-29-21-10-5-4-9-20(21)26-22-12-11-18(16-25-22)23(27)24-14-13-17-7-6-8-19(15-17)28-2/h4-12,15-16H,3,13-14H2,1-2H3,(H,24,27)(H,25,26). The smallest absolute Gasteiger partial charge is 0.252 e. The Balaban J connectivity index is 1.55. The zero-order chi connectivity index (χ0) is 20.5. The van der Waals surface area contributed by atoms with Crippen molar-refractivity contribution < 1.29 is 14.3 Å². The van der Waals surface area contributed by atoms with Gasteiger partial charge in [-0.05, 0) is 55.3 Å². The van der Waals surface area contributed by atoms with E-state index < -0.39 is 0 Å². The van der Waals surface area contributed by atoms with Crippen molar-refractivity contribution in [3.63, 3.8) is 0 Å². The summed E-state index contributed by atoms with van der Waals surface area (Å²) >= 11 is 0. The van der Waals surface area contributed by atoms with E-state index in [1.807, 2.05) is 55.5 Å². The molecule has 6 nitrogen and oxygen atoms in total. The van der Waals surface area contributed by atoms with Crippen LogP contribution in [0.25, 0.3) is 0 Å². The lowest BCUT2D eigenvalue weighted by Gasteiger charge is -2.12. The van der Waals surface area contributed by atoms with Crippen LogP contribution in [0.4, 0.5) is 11.5 Å². The molecule has 150 valence electrons. The van der Waals surface area contributed by atoms with E-state index in [1.165, 1.54) is 0 Å². The van der Waals surface area contributed by atoms with Crippen molar-refractivity contribution in [3.8, 4) is 11.5 Å². The van der Waals surface area contributed by atoms with E-state index in [0.29, 0.717) is 24.5 Å². The first-order valence-corrected chi connectivity index (χ1v) is 9.55. The number of nitrogens with zero attached hydrogens (tertiary/aromatic N) is 1. The zero-order valence-electron chi connectivity index (χ0n) is 16.6. The number of carbonyl (C=O) groups is 1. The minimum Gasteiger partial charge on any atom is -0.497 e. The maximum absolute atomic E-state index is 12.4. The van der Waals surface area contributed by atoms with E-state index in [-0.39, 0.29) is 5.91 Å². The van der Waals surface area contributed by atoms with Crippen LogP contribution in [0.2, 0.25) is 0 Å². The molecule has 0 bridgehead atoms. The van der Waals surface area contributed by atoms with Crippen molar-refractivity contribution in [1.82, 2.24) is 10.3 Å². The summed E-state index contributed by atoms with van der Waals surface area (Å²) in [5.74, 6) is 2.06. The molecule has 0 saturated carbocycles. The number of pyridine rings is 1. The number of carbonyl (C=O) groups excluding carboxylic acids is 1. The van der Waals surface area contributed by atoms with E-state index in [9.17, 15) is 4.79 Å². The van der Waals surface area contributed by atoms with Crippen LogP contribution in [-0.2, 0) is 6.42 Å². The van der Waals surface area contributed by atoms with Gasteiger partial charge in [0.1, 0.15) is 17.3 Å². The number of aromatic nitrogens is 1. The predicted molar refractivity (Wildman–Crippen MR) is 114 cm³/mol. The summed E-state index contributed by atoms with van der Waals surface area (Å²) in [6.45, 7) is 3.06. The van der Waals surface area contributed by atoms with Gasteiger partial charge in [-0.2, -0.15) is 0 Å². The largest absolute Gasteiger partial charge is 0.497 e. The van der Waals surface area contributed by atoms with E-state index >= 15 is 0 Å². The second kappa shape index (κ2) is 10.1. The van der Waals surface area contributed by atoms with Gasteiger partial charge < -0.3 is 20.1 Å². The summed E-state index contributed by atoms with van der Waals surface area (Å²) in [5.41, 5.74) is 2.45. The highest BCUT2D eigenvalue weighted by Crippen LogP contribution is 2.26. The number of nitrogens with one attached hydrogen (secondary N) is 2. The lowest BCUT2D eigenvalue weighted by molar-refractivity contribution is 0.0954. The van der Waals surface area contributed by atoms with E-state index in [0.717, 1.165) is 29.2 Å². The number of rotatable bonds is 9. The minimum atomic E-state index is -0.151. The molecule has 3 rings (SSSR count). The molecule has 0 spiro atoms. The first-order chi connectivity index (χ1) is 14.2. The van der Waals surface area contributed by atoms with Gasteiger partial charge >= 0.3 is 0 Å². The van der Waals surface area contributed by atoms with Crippen LogP contribution in [0.3, 0.4) is 0 Å². The lowest BCUT2D eigenvalue weighted by atomic mass is 10.1. The third kappa shape index (κ3) is 5.72. The van der Waals surface area contributed by atoms with Crippen LogP contribution in [-0.4, -0.2) is 31.2 Å². The van der Waals surface area contributed by atoms with Crippen molar-refractivity contribution in [2.24, 2.45) is 0 Å². The van der Waals surface area contributed by atoms with Gasteiger partial charge in [0.25, 0.3) is 5.91 Å². The number of methoxy groups -OCH3 is 1. The highest BCUT2D eigenvalue weighted by Gasteiger charge is 2.08. The average molecular weight is 391 g/mol. The fourth-order valence-electron chi connectivity index (χ4n) is 2.84. The van der Waals surface area contributed by atoms with Crippen LogP contribution < -0.4 is 20.1 Å². The van der Waals surface area contributed by atoms with Gasteiger partial charge in [-0.3, -0.25) is 4.79 Å². The summed E-state index contributed by atoms with van der Waals surface area (Å²) in [4.78, 5) is 16.7. The Morgan fingerprint density at radius 1 is 1.07 bits per heavy atom. The third-order valence-electron chi connectivity index (χ3n) is 4.31. The van der Waals surface area contributed by atoms with Gasteiger partial charge in [0.05, 0.1) is 25.0 Å². The maximum Gasteiger partial charge on any atom is 0.252 e. The van der Waals surface area contributed by atoms with E-state index in [1.54, 1.807) is 25.4 Å². The van der Waals surface area contributed by atoms with Gasteiger partial charge in [-0.1, -0.05) is 24.3 Å². The Labute approximate surface area is 170 Å². The number of hydrogen-bond acceptors (Lipinski definition) is 5. The highest BCUT2D eigenvalue weighted by molar-refractivity contribution is 5.94. The molecule has 0 unspecified atom stereocenters. The molecule has 6 heteroatoms. The van der Waals surface area contributed by atoms with E-state index in [2.05, 4.69) is 15.6 Å². The molecule has 3 aromatic rings. The minimum absolute atomic E-state index is 0.151. The van der Waals surface area contributed by atoms with Crippen molar-refractivity contribution >= 4 is 17.4 Å². The first-order valence-electron chi connectivity index (χ1n) is 9.55. The van der Waals surface area contributed by atoms with Crippen LogP contribution in [0, 0.1) is 0 Å². The maximum atomic E-state index is 12.4. The first kappa shape index (κ1) is 20.2. The third-order valence-corrected chi connectivity index (χ3v) is 4.31. The highest BCUT2D eigenvalue weighted by atomic mass is 16.5. The van der Waals surface area contributed by atoms with Crippen molar-refractivity contribution in [1.29, 1.82) is 0 Å². The van der Waals surface area contributed by atoms with Gasteiger partial charge in [-0.15, -0.1) is 0 Å². The molecule has 1 heterocycles. The normalized spacial score (nSPS) is 10.3. The van der Waals surface area contributed by atoms with Crippen molar-refractivity contribution in [3.05, 3.63) is 78.0 Å². The number of anilines is 2. The molecule has 2 aromatic carbocycles. The molecule has 2 N–H and O–H groups in total. The molecular weight excluding hydrogens is 366 g/mol. The van der Waals surface area contributed by atoms with Gasteiger partial charge in [0, 0.05) is 12.7 Å². The van der Waals surface area contributed by atoms with Gasteiger partial charge in [-0.25, -0.2) is 4.98 Å². The number of hydrogen-bond donors (Lipinski definition) is 2. The monoisotopic (exact) mass is 391 g/mol. The molecule has 0 aliphatic carbocycles. The van der Waals surface area contributed by atoms with Crippen LogP contribution in [0.5, 0.6) is 11.5 Å². The Bertz CT molecular complexity index is 942. The zero-order valence-corrected chi connectivity index (χ0v) is 16.6. The summed E-state index contributed by atoms with van der Waals surface area (Å²) in [5, 5.41) is 6.14. The van der Waals surface area contributed by atoms with Crippen LogP contribution in [0.1, 0.15) is 22.8 Å². The molecule has 1 aromatic heterocycles. The predicted octanol–water partition coefficient (Wildman–Crippen LogP) is 4.21. The Morgan fingerprint density at radius 3 is 2.69 bits per heavy atom. The molecule has 0 saturated heterocycles. The molecule has 1 amide bonds. The van der Waals surface area contributed by atoms with Gasteiger partial charge in [0.2, 0.25) is 0 Å². The Morgan fingerprint density at radius 2 is 1.93 bits per heavy atom. The second-order valence-electron chi connectivity index (χ2n) is 6.34. The summed E-state index contributed by atoms with van der Waals surface area (Å²) in [6.07, 6.45) is 2.29. The van der Waals surface area contributed by atoms with E-state index in [4.69, 9.17) is 9.47 Å². The fourth-order valence-corrected chi connectivity index (χ4v) is 2.84. The number of para-hydroxylation sites is 2. The molecular formula is C23H25N3O3. The average Bonchev–Trinajstić information content (AvgIpc) is 2.76. The quantitative estimate of drug-likeness (QED) is 0.572. The molecule has 0 aliphatic rings. The van der Waals surface area contributed by atoms with Crippen molar-refractivity contribution in [2.45, 2.75) is 13.3 Å². The molecule has 0 radical (unpaired) electrons. The van der Waals surface area contributed by atoms with Crippen LogP contribution >= 0.6 is 0 Å². The Kier molecular flexibility index (Phi) is 7.05. The number of ether oxygens (including phenoxy) is 2. The summed E-state index contributed by atoms with van der Waals surface area (Å²) < 4.78 is 10.8. The molecule has 29 heavy (non-hydrogen) atoms. The second-order valence-corrected chi connectivity index (χ2v) is 6.34. The number of amides is 1. The summed E-state index contributed by atoms with van der Waals surface area (Å²) in [7, 11) is 1.64. The lowest BCUT2D eigenvalue weighted by Crippen LogP contribution is -2.25. The van der Waals surface area contributed by atoms with Gasteiger partial charge in [0.15, 0.2) is 0 Å². The van der Waals surface area contributed by atoms with Crippen molar-refractivity contribution in [2.75, 3.05) is 25.6 Å². The van der Waals surface area contributed by atoms with Crippen LogP contribution in [0.15, 0.2) is 66.9 Å². The number of benzene rings is 2.